The van der Waals surface area contributed by atoms with E-state index >= 15 is 0 Å². The highest BCUT2D eigenvalue weighted by Gasteiger charge is 2.60. The molecule has 0 aliphatic heterocycles. The van der Waals surface area contributed by atoms with Gasteiger partial charge in [0.15, 0.2) is 5.11 Å². The van der Waals surface area contributed by atoms with Gasteiger partial charge in [0.2, 0.25) is 0 Å². The van der Waals surface area contributed by atoms with Gasteiger partial charge in [-0.25, -0.2) is 0 Å². The zero-order chi connectivity index (χ0) is 17.7. The second-order valence-electron chi connectivity index (χ2n) is 12.5. The van der Waals surface area contributed by atoms with E-state index in [0.717, 1.165) is 34.7 Å². The van der Waals surface area contributed by atoms with Crippen LogP contribution in [0.5, 0.6) is 0 Å². The van der Waals surface area contributed by atoms with Crippen molar-refractivity contribution >= 4 is 17.3 Å². The molecule has 2 atom stereocenters. The number of nitrogens with one attached hydrogen (secondary N) is 2. The Morgan fingerprint density at radius 3 is 1.88 bits per heavy atom. The molecule has 8 rings (SSSR count). The molecule has 0 spiro atoms. The summed E-state index contributed by atoms with van der Waals surface area (Å²) < 4.78 is 0. The van der Waals surface area contributed by atoms with E-state index < -0.39 is 0 Å². The van der Waals surface area contributed by atoms with Gasteiger partial charge in [-0.15, -0.1) is 0 Å². The maximum absolute atomic E-state index is 5.94. The first kappa shape index (κ1) is 16.6. The molecule has 0 aromatic carbocycles. The summed E-state index contributed by atoms with van der Waals surface area (Å²) in [5.41, 5.74) is 1.40. The van der Waals surface area contributed by atoms with Crippen LogP contribution in [0.4, 0.5) is 0 Å². The summed E-state index contributed by atoms with van der Waals surface area (Å²) in [6, 6.07) is 0.669. The third kappa shape index (κ3) is 2.51. The number of hydrogen-bond acceptors (Lipinski definition) is 1. The topological polar surface area (TPSA) is 24.1 Å². The first-order valence-corrected chi connectivity index (χ1v) is 11.8. The summed E-state index contributed by atoms with van der Waals surface area (Å²) in [4.78, 5) is 0. The SMILES string of the molecule is CC12CC3CC(C)(C1)CC(NC(=S)NC1C4CC5CC(C4)CC1C5)(C3)C2. The van der Waals surface area contributed by atoms with Gasteiger partial charge in [0.1, 0.15) is 0 Å². The zero-order valence-corrected chi connectivity index (χ0v) is 17.5. The molecule has 8 fully saturated rings. The fourth-order valence-corrected chi connectivity index (χ4v) is 10.5. The molecule has 0 radical (unpaired) electrons. The van der Waals surface area contributed by atoms with Gasteiger partial charge >= 0.3 is 0 Å². The summed E-state index contributed by atoms with van der Waals surface area (Å²) in [5.74, 6) is 4.81. The molecule has 8 bridgehead atoms. The zero-order valence-electron chi connectivity index (χ0n) is 16.7. The molecule has 0 amide bonds. The lowest BCUT2D eigenvalue weighted by atomic mass is 9.43. The van der Waals surface area contributed by atoms with Crippen molar-refractivity contribution in [3.8, 4) is 0 Å². The third-order valence-corrected chi connectivity index (χ3v) is 9.75. The Labute approximate surface area is 164 Å². The molecule has 0 aromatic rings. The van der Waals surface area contributed by atoms with Gasteiger partial charge in [-0.2, -0.15) is 0 Å². The van der Waals surface area contributed by atoms with Gasteiger partial charge in [0, 0.05) is 11.6 Å². The molecule has 8 aliphatic rings. The van der Waals surface area contributed by atoms with Gasteiger partial charge in [0.05, 0.1) is 0 Å². The molecule has 2 nitrogen and oxygen atoms in total. The number of rotatable bonds is 2. The summed E-state index contributed by atoms with van der Waals surface area (Å²) >= 11 is 5.94. The first-order chi connectivity index (χ1) is 12.3. The van der Waals surface area contributed by atoms with E-state index in [2.05, 4.69) is 24.5 Å². The smallest absolute Gasteiger partial charge is 0.166 e. The highest BCUT2D eigenvalue weighted by Crippen LogP contribution is 2.66. The molecule has 8 aliphatic carbocycles. The first-order valence-electron chi connectivity index (χ1n) is 11.4. The van der Waals surface area contributed by atoms with Gasteiger partial charge in [-0.3, -0.25) is 0 Å². The quantitative estimate of drug-likeness (QED) is 0.665. The predicted octanol–water partition coefficient (Wildman–Crippen LogP) is 5.02. The number of thiocarbonyl (C=S) groups is 1. The van der Waals surface area contributed by atoms with E-state index in [0.29, 0.717) is 22.4 Å². The van der Waals surface area contributed by atoms with Gasteiger partial charge in [-0.05, 0) is 123 Å². The van der Waals surface area contributed by atoms with Crippen molar-refractivity contribution in [2.24, 2.45) is 40.4 Å². The highest BCUT2D eigenvalue weighted by molar-refractivity contribution is 7.80. The van der Waals surface area contributed by atoms with Gasteiger partial charge in [-0.1, -0.05) is 13.8 Å². The van der Waals surface area contributed by atoms with Crippen molar-refractivity contribution in [3.63, 3.8) is 0 Å². The maximum Gasteiger partial charge on any atom is 0.166 e. The molecule has 8 saturated carbocycles. The van der Waals surface area contributed by atoms with E-state index in [-0.39, 0.29) is 0 Å². The Hall–Kier alpha value is -0.310. The fraction of sp³-hybridized carbons (Fsp3) is 0.957. The van der Waals surface area contributed by atoms with Crippen LogP contribution in [0, 0.1) is 40.4 Å². The molecular formula is C23H36N2S. The van der Waals surface area contributed by atoms with Crippen molar-refractivity contribution < 1.29 is 0 Å². The van der Waals surface area contributed by atoms with Crippen LogP contribution < -0.4 is 10.6 Å². The molecule has 0 saturated heterocycles. The van der Waals surface area contributed by atoms with Crippen molar-refractivity contribution in [2.75, 3.05) is 0 Å². The lowest BCUT2D eigenvalue weighted by Gasteiger charge is -2.65. The van der Waals surface area contributed by atoms with Crippen molar-refractivity contribution in [1.82, 2.24) is 10.6 Å². The summed E-state index contributed by atoms with van der Waals surface area (Å²) in [5, 5.41) is 8.83. The largest absolute Gasteiger partial charge is 0.359 e. The van der Waals surface area contributed by atoms with Crippen LogP contribution in [0.1, 0.15) is 84.5 Å². The van der Waals surface area contributed by atoms with E-state index in [1.807, 2.05) is 0 Å². The van der Waals surface area contributed by atoms with Gasteiger partial charge < -0.3 is 10.6 Å². The summed E-state index contributed by atoms with van der Waals surface area (Å²) in [6.07, 6.45) is 15.8. The fourth-order valence-electron chi connectivity index (χ4n) is 10.2. The molecule has 144 valence electrons. The summed E-state index contributed by atoms with van der Waals surface area (Å²) in [7, 11) is 0. The Balaban J connectivity index is 1.17. The lowest BCUT2D eigenvalue weighted by molar-refractivity contribution is -0.112. The van der Waals surface area contributed by atoms with Crippen LogP contribution in [0.25, 0.3) is 0 Å². The van der Waals surface area contributed by atoms with Crippen LogP contribution in [0.2, 0.25) is 0 Å². The van der Waals surface area contributed by atoms with Crippen LogP contribution in [-0.4, -0.2) is 16.7 Å². The second kappa shape index (κ2) is 5.19. The van der Waals surface area contributed by atoms with Crippen LogP contribution in [0.15, 0.2) is 0 Å². The molecule has 3 heteroatoms. The predicted molar refractivity (Wildman–Crippen MR) is 110 cm³/mol. The van der Waals surface area contributed by atoms with E-state index in [1.165, 1.54) is 70.6 Å². The highest BCUT2D eigenvalue weighted by atomic mass is 32.1. The van der Waals surface area contributed by atoms with Gasteiger partial charge in [0.25, 0.3) is 0 Å². The van der Waals surface area contributed by atoms with Crippen LogP contribution in [0.3, 0.4) is 0 Å². The lowest BCUT2D eigenvalue weighted by Crippen LogP contribution is -2.67. The van der Waals surface area contributed by atoms with E-state index in [9.17, 15) is 0 Å². The normalized spacial score (nSPS) is 58.8. The molecular weight excluding hydrogens is 336 g/mol. The van der Waals surface area contributed by atoms with Crippen LogP contribution in [-0.2, 0) is 0 Å². The minimum absolute atomic E-state index is 0.291. The molecule has 0 heterocycles. The van der Waals surface area contributed by atoms with Crippen molar-refractivity contribution in [1.29, 1.82) is 0 Å². The van der Waals surface area contributed by atoms with E-state index in [4.69, 9.17) is 12.2 Å². The van der Waals surface area contributed by atoms with E-state index in [1.54, 1.807) is 0 Å². The third-order valence-electron chi connectivity index (χ3n) is 9.53. The average molecular weight is 373 g/mol. The molecule has 2 N–H and O–H groups in total. The van der Waals surface area contributed by atoms with Crippen molar-refractivity contribution in [2.45, 2.75) is 96.1 Å². The molecule has 2 unspecified atom stereocenters. The standard InChI is InChI=1S/C23H36N2S/c1-21-8-16-9-22(2,11-21)13-23(10-16,12-21)25-20(26)24-19-17-4-14-3-15(6-17)7-18(19)5-14/h14-19H,3-13H2,1-2H3,(H2,24,25,26). The minimum Gasteiger partial charge on any atom is -0.359 e. The monoisotopic (exact) mass is 372 g/mol. The Bertz CT molecular complexity index is 596. The minimum atomic E-state index is 0.291. The van der Waals surface area contributed by atoms with Crippen LogP contribution >= 0.6 is 12.2 Å². The van der Waals surface area contributed by atoms with Crippen molar-refractivity contribution in [3.05, 3.63) is 0 Å². The Kier molecular flexibility index (Phi) is 3.32. The molecule has 26 heavy (non-hydrogen) atoms. The maximum atomic E-state index is 5.94. The number of hydrogen-bond donors (Lipinski definition) is 2. The summed E-state index contributed by atoms with van der Waals surface area (Å²) in [6.45, 7) is 5.11. The average Bonchev–Trinajstić information content (AvgIpc) is 2.45. The Morgan fingerprint density at radius 1 is 0.769 bits per heavy atom. The molecule has 0 aromatic heterocycles. The second-order valence-corrected chi connectivity index (χ2v) is 12.9. The Morgan fingerprint density at radius 2 is 1.35 bits per heavy atom.